The average molecular weight is 261 g/mol. The molecule has 0 aromatic heterocycles. The quantitative estimate of drug-likeness (QED) is 0.874. The molecular weight excluding hydrogens is 238 g/mol. The molecule has 0 bridgehead atoms. The van der Waals surface area contributed by atoms with E-state index in [2.05, 4.69) is 19.2 Å². The number of hydrogen-bond donors (Lipinski definition) is 2. The van der Waals surface area contributed by atoms with Crippen molar-refractivity contribution in [1.29, 1.82) is 0 Å². The minimum absolute atomic E-state index is 0.351. The second-order valence-electron chi connectivity index (χ2n) is 5.85. The molecule has 0 amide bonds. The smallest absolute Gasteiger partial charge is 0.335 e. The molecule has 1 aromatic rings. The van der Waals surface area contributed by atoms with Crippen LogP contribution in [-0.2, 0) is 6.54 Å². The molecule has 1 aliphatic rings. The zero-order valence-electron chi connectivity index (χ0n) is 11.7. The third kappa shape index (κ3) is 3.80. The molecule has 0 saturated heterocycles. The zero-order valence-corrected chi connectivity index (χ0v) is 11.7. The van der Waals surface area contributed by atoms with E-state index in [0.717, 1.165) is 23.9 Å². The highest BCUT2D eigenvalue weighted by atomic mass is 16.4. The summed E-state index contributed by atoms with van der Waals surface area (Å²) in [6, 6.07) is 7.73. The van der Waals surface area contributed by atoms with Gasteiger partial charge in [-0.15, -0.1) is 0 Å². The molecule has 1 fully saturated rings. The first-order chi connectivity index (χ1) is 9.06. The van der Waals surface area contributed by atoms with Gasteiger partial charge >= 0.3 is 5.97 Å². The fourth-order valence-corrected chi connectivity index (χ4v) is 2.76. The van der Waals surface area contributed by atoms with Crippen molar-refractivity contribution in [3.8, 4) is 0 Å². The Morgan fingerprint density at radius 3 is 2.47 bits per heavy atom. The van der Waals surface area contributed by atoms with Gasteiger partial charge in [0, 0.05) is 12.6 Å². The number of carboxylic acids is 1. The predicted molar refractivity (Wildman–Crippen MR) is 76.2 cm³/mol. The molecule has 0 radical (unpaired) electrons. The summed E-state index contributed by atoms with van der Waals surface area (Å²) in [7, 11) is 0. The molecule has 19 heavy (non-hydrogen) atoms. The third-order valence-corrected chi connectivity index (χ3v) is 4.39. The van der Waals surface area contributed by atoms with Crippen LogP contribution in [0.25, 0.3) is 0 Å². The van der Waals surface area contributed by atoms with Crippen LogP contribution in [0.4, 0.5) is 0 Å². The largest absolute Gasteiger partial charge is 0.478 e. The maximum Gasteiger partial charge on any atom is 0.335 e. The Labute approximate surface area is 115 Å². The topological polar surface area (TPSA) is 49.3 Å². The summed E-state index contributed by atoms with van der Waals surface area (Å²) >= 11 is 0. The molecule has 104 valence electrons. The predicted octanol–water partition coefficient (Wildman–Crippen LogP) is 3.30. The van der Waals surface area contributed by atoms with E-state index in [1.165, 1.54) is 19.3 Å². The van der Waals surface area contributed by atoms with Crippen molar-refractivity contribution in [3.63, 3.8) is 0 Å². The molecule has 3 nitrogen and oxygen atoms in total. The van der Waals surface area contributed by atoms with Gasteiger partial charge in [0.1, 0.15) is 0 Å². The fraction of sp³-hybridized carbons (Fsp3) is 0.562. The van der Waals surface area contributed by atoms with E-state index in [4.69, 9.17) is 5.11 Å². The maximum absolute atomic E-state index is 10.8. The SMILES string of the molecule is CC1CCC(NCc2ccc(C(=O)O)cc2)CC1C. The van der Waals surface area contributed by atoms with Crippen LogP contribution in [0, 0.1) is 11.8 Å². The summed E-state index contributed by atoms with van der Waals surface area (Å²) in [6.45, 7) is 5.50. The first kappa shape index (κ1) is 14.1. The number of carboxylic acid groups (broad SMARTS) is 1. The minimum atomic E-state index is -0.866. The number of aromatic carboxylic acids is 1. The van der Waals surface area contributed by atoms with Gasteiger partial charge in [-0.2, -0.15) is 0 Å². The van der Waals surface area contributed by atoms with Crippen LogP contribution in [-0.4, -0.2) is 17.1 Å². The lowest BCUT2D eigenvalue weighted by Crippen LogP contribution is -2.35. The molecule has 0 heterocycles. The van der Waals surface area contributed by atoms with Gasteiger partial charge < -0.3 is 10.4 Å². The summed E-state index contributed by atoms with van der Waals surface area (Å²) in [5.41, 5.74) is 1.50. The van der Waals surface area contributed by atoms with Crippen molar-refractivity contribution in [2.75, 3.05) is 0 Å². The van der Waals surface area contributed by atoms with Gasteiger partial charge in [-0.05, 0) is 48.8 Å². The van der Waals surface area contributed by atoms with E-state index in [9.17, 15) is 4.79 Å². The molecule has 0 aliphatic heterocycles. The summed E-state index contributed by atoms with van der Waals surface area (Å²) in [6.07, 6.45) is 3.80. The van der Waals surface area contributed by atoms with Gasteiger partial charge in [-0.1, -0.05) is 26.0 Å². The standard InChI is InChI=1S/C16H23NO2/c1-11-3-8-15(9-12(11)2)17-10-13-4-6-14(7-5-13)16(18)19/h4-7,11-12,15,17H,3,8-10H2,1-2H3,(H,18,19). The van der Waals surface area contributed by atoms with E-state index < -0.39 is 5.97 Å². The Morgan fingerprint density at radius 2 is 1.89 bits per heavy atom. The molecule has 1 aliphatic carbocycles. The highest BCUT2D eigenvalue weighted by Crippen LogP contribution is 2.29. The second-order valence-corrected chi connectivity index (χ2v) is 5.85. The van der Waals surface area contributed by atoms with Gasteiger partial charge in [0.15, 0.2) is 0 Å². The average Bonchev–Trinajstić information content (AvgIpc) is 2.40. The molecular formula is C16H23NO2. The van der Waals surface area contributed by atoms with Crippen LogP contribution in [0.2, 0.25) is 0 Å². The van der Waals surface area contributed by atoms with Crippen LogP contribution in [0.5, 0.6) is 0 Å². The van der Waals surface area contributed by atoms with Crippen molar-refractivity contribution >= 4 is 5.97 Å². The Bertz CT molecular complexity index is 427. The molecule has 0 spiro atoms. The number of hydrogen-bond acceptors (Lipinski definition) is 2. The first-order valence-corrected chi connectivity index (χ1v) is 7.12. The lowest BCUT2D eigenvalue weighted by Gasteiger charge is -2.32. The van der Waals surface area contributed by atoms with Crippen molar-refractivity contribution in [2.24, 2.45) is 11.8 Å². The minimum Gasteiger partial charge on any atom is -0.478 e. The Balaban J connectivity index is 1.83. The molecule has 3 unspecified atom stereocenters. The number of carbonyl (C=O) groups is 1. The number of nitrogens with one attached hydrogen (secondary N) is 1. The van der Waals surface area contributed by atoms with Crippen molar-refractivity contribution in [2.45, 2.75) is 45.7 Å². The van der Waals surface area contributed by atoms with E-state index in [-0.39, 0.29) is 0 Å². The molecule has 3 atom stereocenters. The maximum atomic E-state index is 10.8. The van der Waals surface area contributed by atoms with Gasteiger partial charge in [0.05, 0.1) is 5.56 Å². The van der Waals surface area contributed by atoms with Gasteiger partial charge in [-0.3, -0.25) is 0 Å². The monoisotopic (exact) mass is 261 g/mol. The Hall–Kier alpha value is -1.35. The van der Waals surface area contributed by atoms with Crippen molar-refractivity contribution in [3.05, 3.63) is 35.4 Å². The lowest BCUT2D eigenvalue weighted by molar-refractivity contribution is 0.0697. The van der Waals surface area contributed by atoms with Crippen LogP contribution in [0.1, 0.15) is 49.0 Å². The van der Waals surface area contributed by atoms with E-state index in [1.807, 2.05) is 12.1 Å². The third-order valence-electron chi connectivity index (χ3n) is 4.39. The normalized spacial score (nSPS) is 27.2. The van der Waals surface area contributed by atoms with Crippen LogP contribution < -0.4 is 5.32 Å². The van der Waals surface area contributed by atoms with Crippen molar-refractivity contribution < 1.29 is 9.90 Å². The second kappa shape index (κ2) is 6.20. The van der Waals surface area contributed by atoms with Crippen LogP contribution in [0.3, 0.4) is 0 Å². The summed E-state index contributed by atoms with van der Waals surface area (Å²) in [5, 5.41) is 12.4. The molecule has 2 N–H and O–H groups in total. The summed E-state index contributed by atoms with van der Waals surface area (Å²) in [5.74, 6) is 0.767. The fourth-order valence-electron chi connectivity index (χ4n) is 2.76. The van der Waals surface area contributed by atoms with Gasteiger partial charge in [0.25, 0.3) is 0 Å². The lowest BCUT2D eigenvalue weighted by atomic mass is 9.79. The first-order valence-electron chi connectivity index (χ1n) is 7.12. The summed E-state index contributed by atoms with van der Waals surface area (Å²) < 4.78 is 0. The van der Waals surface area contributed by atoms with Crippen molar-refractivity contribution in [1.82, 2.24) is 5.32 Å². The molecule has 1 saturated carbocycles. The number of benzene rings is 1. The number of rotatable bonds is 4. The highest BCUT2D eigenvalue weighted by Gasteiger charge is 2.23. The van der Waals surface area contributed by atoms with E-state index in [0.29, 0.717) is 11.6 Å². The summed E-state index contributed by atoms with van der Waals surface area (Å²) in [4.78, 5) is 10.8. The zero-order chi connectivity index (χ0) is 13.8. The van der Waals surface area contributed by atoms with Crippen LogP contribution in [0.15, 0.2) is 24.3 Å². The van der Waals surface area contributed by atoms with Gasteiger partial charge in [-0.25, -0.2) is 4.79 Å². The van der Waals surface area contributed by atoms with Gasteiger partial charge in [0.2, 0.25) is 0 Å². The highest BCUT2D eigenvalue weighted by molar-refractivity contribution is 5.87. The van der Waals surface area contributed by atoms with E-state index in [1.54, 1.807) is 12.1 Å². The molecule has 2 rings (SSSR count). The van der Waals surface area contributed by atoms with E-state index >= 15 is 0 Å². The Kier molecular flexibility index (Phi) is 4.59. The van der Waals surface area contributed by atoms with Crippen LogP contribution >= 0.6 is 0 Å². The molecule has 3 heteroatoms. The Morgan fingerprint density at radius 1 is 1.21 bits per heavy atom. The molecule has 1 aromatic carbocycles.